The van der Waals surface area contributed by atoms with Gasteiger partial charge in [0.15, 0.2) is 0 Å². The predicted octanol–water partition coefficient (Wildman–Crippen LogP) is 4.94. The molecule has 21 heavy (non-hydrogen) atoms. The molecule has 0 heterocycles. The highest BCUT2D eigenvalue weighted by molar-refractivity contribution is 5.73. The van der Waals surface area contributed by atoms with Gasteiger partial charge >= 0.3 is 0 Å². The van der Waals surface area contributed by atoms with Gasteiger partial charge in [-0.3, -0.25) is 4.79 Å². The van der Waals surface area contributed by atoms with E-state index in [-0.39, 0.29) is 17.0 Å². The Hall–Kier alpha value is -0.570. The molecule has 0 aromatic rings. The van der Waals surface area contributed by atoms with Crippen LogP contribution in [0.5, 0.6) is 0 Å². The van der Waals surface area contributed by atoms with E-state index in [0.717, 1.165) is 18.8 Å². The summed E-state index contributed by atoms with van der Waals surface area (Å²) < 4.78 is 5.99. The maximum atomic E-state index is 11.1. The van der Waals surface area contributed by atoms with Crippen LogP contribution in [-0.4, -0.2) is 23.7 Å². The van der Waals surface area contributed by atoms with Crippen LogP contribution in [0, 0.1) is 5.92 Å². The Labute approximate surface area is 133 Å². The molecule has 0 aliphatic carbocycles. The van der Waals surface area contributed by atoms with Gasteiger partial charge in [-0.25, -0.2) is 0 Å². The SMILES string of the molecule is CC.CCC(C)CCC(C)(C)OCCC(C)(C)NC(C)=O. The van der Waals surface area contributed by atoms with Crippen LogP contribution >= 0.6 is 0 Å². The normalized spacial score (nSPS) is 13.2. The van der Waals surface area contributed by atoms with Crippen molar-refractivity contribution in [1.29, 1.82) is 0 Å². The summed E-state index contributed by atoms with van der Waals surface area (Å²) in [5, 5.41) is 2.95. The second kappa shape index (κ2) is 11.1. The molecule has 0 fully saturated rings. The van der Waals surface area contributed by atoms with E-state index in [1.54, 1.807) is 6.92 Å². The predicted molar refractivity (Wildman–Crippen MR) is 92.6 cm³/mol. The van der Waals surface area contributed by atoms with Crippen molar-refractivity contribution in [3.8, 4) is 0 Å². The molecular formula is C18H39NO2. The van der Waals surface area contributed by atoms with Crippen molar-refractivity contribution < 1.29 is 9.53 Å². The topological polar surface area (TPSA) is 38.3 Å². The fourth-order valence-electron chi connectivity index (χ4n) is 1.99. The number of amides is 1. The summed E-state index contributed by atoms with van der Waals surface area (Å²) in [6.07, 6.45) is 4.35. The average Bonchev–Trinajstić information content (AvgIpc) is 2.36. The van der Waals surface area contributed by atoms with Gasteiger partial charge < -0.3 is 10.1 Å². The summed E-state index contributed by atoms with van der Waals surface area (Å²) in [7, 11) is 0. The molecule has 1 N–H and O–H groups in total. The smallest absolute Gasteiger partial charge is 0.217 e. The first kappa shape index (κ1) is 22.7. The fraction of sp³-hybridized carbons (Fsp3) is 0.944. The summed E-state index contributed by atoms with van der Waals surface area (Å²) >= 11 is 0. The summed E-state index contributed by atoms with van der Waals surface area (Å²) in [6.45, 7) is 19.1. The van der Waals surface area contributed by atoms with Gasteiger partial charge in [-0.2, -0.15) is 0 Å². The van der Waals surface area contributed by atoms with Gasteiger partial charge in [0.05, 0.1) is 5.60 Å². The highest BCUT2D eigenvalue weighted by atomic mass is 16.5. The summed E-state index contributed by atoms with van der Waals surface area (Å²) in [6, 6.07) is 0. The van der Waals surface area contributed by atoms with Crippen molar-refractivity contribution in [2.75, 3.05) is 6.61 Å². The van der Waals surface area contributed by atoms with Gasteiger partial charge in [0.25, 0.3) is 0 Å². The number of hydrogen-bond donors (Lipinski definition) is 1. The molecule has 0 saturated carbocycles. The molecule has 1 unspecified atom stereocenters. The van der Waals surface area contributed by atoms with Crippen LogP contribution in [0.3, 0.4) is 0 Å². The zero-order chi connectivity index (χ0) is 17.1. The van der Waals surface area contributed by atoms with Crippen LogP contribution in [0.1, 0.15) is 88.0 Å². The van der Waals surface area contributed by atoms with E-state index >= 15 is 0 Å². The average molecular weight is 302 g/mol. The molecule has 0 spiro atoms. The zero-order valence-corrected chi connectivity index (χ0v) is 15.9. The molecule has 0 aliphatic heterocycles. The van der Waals surface area contributed by atoms with Gasteiger partial charge in [-0.05, 0) is 52.9 Å². The van der Waals surface area contributed by atoms with E-state index in [2.05, 4.69) is 33.0 Å². The molecule has 0 aromatic heterocycles. The van der Waals surface area contributed by atoms with Crippen LogP contribution in [0.25, 0.3) is 0 Å². The quantitative estimate of drug-likeness (QED) is 0.655. The highest BCUT2D eigenvalue weighted by Gasteiger charge is 2.23. The first-order chi connectivity index (χ1) is 9.58. The van der Waals surface area contributed by atoms with Crippen LogP contribution in [-0.2, 0) is 9.53 Å². The number of hydrogen-bond acceptors (Lipinski definition) is 2. The first-order valence-electron chi connectivity index (χ1n) is 8.50. The number of carbonyl (C=O) groups is 1. The Bertz CT molecular complexity index is 272. The van der Waals surface area contributed by atoms with Crippen LogP contribution in [0.15, 0.2) is 0 Å². The molecule has 0 rings (SSSR count). The Balaban J connectivity index is 0. The van der Waals surface area contributed by atoms with Gasteiger partial charge in [0.1, 0.15) is 0 Å². The lowest BCUT2D eigenvalue weighted by Crippen LogP contribution is -2.43. The number of ether oxygens (including phenoxy) is 1. The second-order valence-electron chi connectivity index (χ2n) is 6.98. The van der Waals surface area contributed by atoms with Crippen LogP contribution < -0.4 is 5.32 Å². The first-order valence-corrected chi connectivity index (χ1v) is 8.50. The Morgan fingerprint density at radius 3 is 2.10 bits per heavy atom. The fourth-order valence-corrected chi connectivity index (χ4v) is 1.99. The third kappa shape index (κ3) is 14.1. The standard InChI is InChI=1S/C16H33NO2.C2H6/c1-8-13(2)9-10-16(6,7)19-12-11-15(4,5)17-14(3)18;1-2/h13H,8-12H2,1-7H3,(H,17,18);1-2H3. The molecule has 0 aliphatic rings. The molecule has 0 bridgehead atoms. The van der Waals surface area contributed by atoms with E-state index in [0.29, 0.717) is 6.61 Å². The van der Waals surface area contributed by atoms with E-state index in [9.17, 15) is 4.79 Å². The van der Waals surface area contributed by atoms with E-state index < -0.39 is 0 Å². The number of carbonyl (C=O) groups excluding carboxylic acids is 1. The molecule has 0 radical (unpaired) electrons. The van der Waals surface area contributed by atoms with Gasteiger partial charge in [0, 0.05) is 19.1 Å². The Morgan fingerprint density at radius 2 is 1.67 bits per heavy atom. The molecule has 1 amide bonds. The second-order valence-corrected chi connectivity index (χ2v) is 6.98. The van der Waals surface area contributed by atoms with Crippen LogP contribution in [0.2, 0.25) is 0 Å². The Kier molecular flexibility index (Phi) is 12.0. The minimum Gasteiger partial charge on any atom is -0.375 e. The maximum Gasteiger partial charge on any atom is 0.217 e. The van der Waals surface area contributed by atoms with Gasteiger partial charge in [0.2, 0.25) is 5.91 Å². The van der Waals surface area contributed by atoms with E-state index in [1.807, 2.05) is 27.7 Å². The third-order valence-electron chi connectivity index (χ3n) is 3.67. The molecule has 0 aromatic carbocycles. The van der Waals surface area contributed by atoms with Crippen molar-refractivity contribution in [3.63, 3.8) is 0 Å². The number of nitrogens with one attached hydrogen (secondary N) is 1. The molecule has 3 nitrogen and oxygen atoms in total. The van der Waals surface area contributed by atoms with Crippen molar-refractivity contribution in [2.24, 2.45) is 5.92 Å². The van der Waals surface area contributed by atoms with Gasteiger partial charge in [-0.1, -0.05) is 34.1 Å². The van der Waals surface area contributed by atoms with Crippen molar-refractivity contribution in [3.05, 3.63) is 0 Å². The van der Waals surface area contributed by atoms with Gasteiger partial charge in [-0.15, -0.1) is 0 Å². The van der Waals surface area contributed by atoms with Crippen molar-refractivity contribution >= 4 is 5.91 Å². The van der Waals surface area contributed by atoms with E-state index in [1.165, 1.54) is 12.8 Å². The highest BCUT2D eigenvalue weighted by Crippen LogP contribution is 2.22. The number of rotatable bonds is 9. The minimum absolute atomic E-state index is 0.0148. The molecule has 0 saturated heterocycles. The van der Waals surface area contributed by atoms with Crippen LogP contribution in [0.4, 0.5) is 0 Å². The lowest BCUT2D eigenvalue weighted by atomic mass is 9.94. The molecule has 1 atom stereocenters. The monoisotopic (exact) mass is 301 g/mol. The third-order valence-corrected chi connectivity index (χ3v) is 3.67. The molecule has 3 heteroatoms. The minimum atomic E-state index is -0.196. The van der Waals surface area contributed by atoms with Crippen molar-refractivity contribution in [2.45, 2.75) is 99.1 Å². The molecule has 128 valence electrons. The zero-order valence-electron chi connectivity index (χ0n) is 15.9. The van der Waals surface area contributed by atoms with E-state index in [4.69, 9.17) is 4.74 Å². The van der Waals surface area contributed by atoms with Crippen molar-refractivity contribution in [1.82, 2.24) is 5.32 Å². The molecular weight excluding hydrogens is 262 g/mol. The summed E-state index contributed by atoms with van der Waals surface area (Å²) in [5.41, 5.74) is -0.269. The summed E-state index contributed by atoms with van der Waals surface area (Å²) in [5.74, 6) is 0.778. The summed E-state index contributed by atoms with van der Waals surface area (Å²) in [4.78, 5) is 11.1. The lowest BCUT2D eigenvalue weighted by molar-refractivity contribution is -0.120. The maximum absolute atomic E-state index is 11.1. The largest absolute Gasteiger partial charge is 0.375 e. The lowest BCUT2D eigenvalue weighted by Gasteiger charge is -2.30. The Morgan fingerprint density at radius 1 is 1.14 bits per heavy atom.